The Kier molecular flexibility index (Phi) is 2.61. The molecule has 1 aromatic heterocycles. The lowest BCUT2D eigenvalue weighted by atomic mass is 9.77. The Balaban J connectivity index is 1.81. The topological polar surface area (TPSA) is 42.4 Å². The highest BCUT2D eigenvalue weighted by atomic mass is 16.3. The normalized spacial score (nSPS) is 19.6. The van der Waals surface area contributed by atoms with Gasteiger partial charge in [0.05, 0.1) is 12.8 Å². The maximum Gasteiger partial charge on any atom is 0.117 e. The molecule has 78 valence electrons. The van der Waals surface area contributed by atoms with Gasteiger partial charge in [0.2, 0.25) is 0 Å². The van der Waals surface area contributed by atoms with Gasteiger partial charge in [0, 0.05) is 12.1 Å². The summed E-state index contributed by atoms with van der Waals surface area (Å²) in [5, 5.41) is 0. The van der Waals surface area contributed by atoms with Crippen LogP contribution in [-0.2, 0) is 6.54 Å². The Hall–Kier alpha value is -0.800. The van der Waals surface area contributed by atoms with Crippen LogP contribution in [0.15, 0.2) is 22.8 Å². The summed E-state index contributed by atoms with van der Waals surface area (Å²) in [6.45, 7) is 1.82. The van der Waals surface area contributed by atoms with E-state index in [-0.39, 0.29) is 5.54 Å². The average Bonchev–Trinajstić information content (AvgIpc) is 2.53. The molecule has 1 fully saturated rings. The van der Waals surface area contributed by atoms with Gasteiger partial charge in [-0.15, -0.1) is 0 Å². The second-order valence-corrected chi connectivity index (χ2v) is 4.47. The minimum atomic E-state index is 0.0708. The number of likely N-dealkylation sites (N-methyl/N-ethyl adjacent to an activating group) is 1. The van der Waals surface area contributed by atoms with E-state index < -0.39 is 0 Å². The van der Waals surface area contributed by atoms with Gasteiger partial charge in [0.1, 0.15) is 5.76 Å². The van der Waals surface area contributed by atoms with Crippen molar-refractivity contribution >= 4 is 0 Å². The lowest BCUT2D eigenvalue weighted by Crippen LogP contribution is -2.54. The molecule has 0 spiro atoms. The molecule has 2 N–H and O–H groups in total. The summed E-state index contributed by atoms with van der Waals surface area (Å²) in [4.78, 5) is 2.23. The molecule has 0 aliphatic heterocycles. The second-order valence-electron chi connectivity index (χ2n) is 4.47. The van der Waals surface area contributed by atoms with E-state index in [9.17, 15) is 0 Å². The van der Waals surface area contributed by atoms with Crippen LogP contribution in [0.4, 0.5) is 0 Å². The summed E-state index contributed by atoms with van der Waals surface area (Å²) in [5.41, 5.74) is 6.23. The molecule has 3 heteroatoms. The third kappa shape index (κ3) is 2.16. The fraction of sp³-hybridized carbons (Fsp3) is 0.636. The van der Waals surface area contributed by atoms with Gasteiger partial charge in [-0.25, -0.2) is 0 Å². The first kappa shape index (κ1) is 9.74. The van der Waals surface area contributed by atoms with Crippen molar-refractivity contribution in [2.24, 2.45) is 5.73 Å². The molecule has 3 nitrogen and oxygen atoms in total. The number of hydrogen-bond acceptors (Lipinski definition) is 3. The largest absolute Gasteiger partial charge is 0.468 e. The molecular weight excluding hydrogens is 176 g/mol. The predicted octanol–water partition coefficient (Wildman–Crippen LogP) is 1.59. The van der Waals surface area contributed by atoms with Crippen molar-refractivity contribution in [3.8, 4) is 0 Å². The average molecular weight is 194 g/mol. The zero-order valence-corrected chi connectivity index (χ0v) is 8.70. The minimum absolute atomic E-state index is 0.0708. The summed E-state index contributed by atoms with van der Waals surface area (Å²) < 4.78 is 5.29. The molecule has 1 aromatic rings. The van der Waals surface area contributed by atoms with Gasteiger partial charge in [-0.3, -0.25) is 4.90 Å². The summed E-state index contributed by atoms with van der Waals surface area (Å²) in [6, 6.07) is 3.92. The highest BCUT2D eigenvalue weighted by Gasteiger charge is 2.33. The van der Waals surface area contributed by atoms with Gasteiger partial charge in [0.25, 0.3) is 0 Å². The van der Waals surface area contributed by atoms with Crippen molar-refractivity contribution in [2.45, 2.75) is 31.3 Å². The van der Waals surface area contributed by atoms with Crippen LogP contribution in [0.1, 0.15) is 25.0 Å². The number of hydrogen-bond donors (Lipinski definition) is 1. The first-order valence-corrected chi connectivity index (χ1v) is 5.18. The van der Waals surface area contributed by atoms with Crippen LogP contribution in [0, 0.1) is 0 Å². The fourth-order valence-electron chi connectivity index (χ4n) is 2.05. The maximum atomic E-state index is 6.16. The molecule has 1 aliphatic carbocycles. The molecule has 2 rings (SSSR count). The molecule has 0 bridgehead atoms. The molecule has 0 aromatic carbocycles. The van der Waals surface area contributed by atoms with Crippen molar-refractivity contribution < 1.29 is 4.42 Å². The van der Waals surface area contributed by atoms with Crippen LogP contribution in [0.25, 0.3) is 0 Å². The standard InChI is InChI=1S/C11H18N2O/c1-13(8-10-4-2-7-14-10)9-11(12)5-3-6-11/h2,4,7H,3,5-6,8-9,12H2,1H3. The smallest absolute Gasteiger partial charge is 0.117 e. The van der Waals surface area contributed by atoms with E-state index in [1.165, 1.54) is 6.42 Å². The van der Waals surface area contributed by atoms with Crippen molar-refractivity contribution in [2.75, 3.05) is 13.6 Å². The van der Waals surface area contributed by atoms with Crippen LogP contribution in [0.2, 0.25) is 0 Å². The number of nitrogens with zero attached hydrogens (tertiary/aromatic N) is 1. The van der Waals surface area contributed by atoms with E-state index in [0.29, 0.717) is 0 Å². The van der Waals surface area contributed by atoms with Crippen molar-refractivity contribution in [1.82, 2.24) is 4.90 Å². The molecule has 0 saturated heterocycles. The summed E-state index contributed by atoms with van der Waals surface area (Å²) in [7, 11) is 2.09. The Morgan fingerprint density at radius 2 is 2.36 bits per heavy atom. The van der Waals surface area contributed by atoms with E-state index in [4.69, 9.17) is 10.2 Å². The Labute approximate surface area is 84.9 Å². The molecule has 1 aliphatic rings. The van der Waals surface area contributed by atoms with Gasteiger partial charge in [0.15, 0.2) is 0 Å². The Bertz CT molecular complexity index is 277. The van der Waals surface area contributed by atoms with E-state index >= 15 is 0 Å². The fourth-order valence-corrected chi connectivity index (χ4v) is 2.05. The third-order valence-electron chi connectivity index (χ3n) is 2.94. The zero-order chi connectivity index (χ0) is 10.0. The Morgan fingerprint density at radius 3 is 2.86 bits per heavy atom. The van der Waals surface area contributed by atoms with E-state index in [2.05, 4.69) is 11.9 Å². The monoisotopic (exact) mass is 194 g/mol. The summed E-state index contributed by atoms with van der Waals surface area (Å²) in [6.07, 6.45) is 5.32. The zero-order valence-electron chi connectivity index (χ0n) is 8.70. The van der Waals surface area contributed by atoms with E-state index in [0.717, 1.165) is 31.7 Å². The highest BCUT2D eigenvalue weighted by Crippen LogP contribution is 2.29. The summed E-state index contributed by atoms with van der Waals surface area (Å²) >= 11 is 0. The molecule has 1 heterocycles. The second kappa shape index (κ2) is 3.75. The lowest BCUT2D eigenvalue weighted by Gasteiger charge is -2.40. The van der Waals surface area contributed by atoms with Gasteiger partial charge < -0.3 is 10.2 Å². The van der Waals surface area contributed by atoms with Crippen molar-refractivity contribution in [3.63, 3.8) is 0 Å². The number of rotatable bonds is 4. The van der Waals surface area contributed by atoms with Crippen molar-refractivity contribution in [1.29, 1.82) is 0 Å². The maximum absolute atomic E-state index is 6.16. The third-order valence-corrected chi connectivity index (χ3v) is 2.94. The summed E-state index contributed by atoms with van der Waals surface area (Å²) in [5.74, 6) is 1.01. The van der Waals surface area contributed by atoms with Crippen LogP contribution < -0.4 is 5.73 Å². The van der Waals surface area contributed by atoms with E-state index in [1.807, 2.05) is 12.1 Å². The van der Waals surface area contributed by atoms with Gasteiger partial charge in [-0.05, 0) is 38.4 Å². The van der Waals surface area contributed by atoms with Gasteiger partial charge in [-0.2, -0.15) is 0 Å². The van der Waals surface area contributed by atoms with Crippen molar-refractivity contribution in [3.05, 3.63) is 24.2 Å². The molecule has 0 atom stereocenters. The van der Waals surface area contributed by atoms with Gasteiger partial charge >= 0.3 is 0 Å². The highest BCUT2D eigenvalue weighted by molar-refractivity contribution is 5.00. The minimum Gasteiger partial charge on any atom is -0.468 e. The van der Waals surface area contributed by atoms with Crippen LogP contribution in [0.3, 0.4) is 0 Å². The first-order chi connectivity index (χ1) is 6.68. The molecule has 0 unspecified atom stereocenters. The first-order valence-electron chi connectivity index (χ1n) is 5.18. The molecule has 1 saturated carbocycles. The number of nitrogens with two attached hydrogens (primary N) is 1. The number of furan rings is 1. The molecule has 0 radical (unpaired) electrons. The van der Waals surface area contributed by atoms with Crippen LogP contribution >= 0.6 is 0 Å². The van der Waals surface area contributed by atoms with E-state index in [1.54, 1.807) is 6.26 Å². The molecular formula is C11H18N2O. The molecule has 0 amide bonds. The van der Waals surface area contributed by atoms with Gasteiger partial charge in [-0.1, -0.05) is 0 Å². The predicted molar refractivity (Wildman–Crippen MR) is 55.8 cm³/mol. The quantitative estimate of drug-likeness (QED) is 0.791. The Morgan fingerprint density at radius 1 is 1.57 bits per heavy atom. The van der Waals surface area contributed by atoms with Crippen LogP contribution in [0.5, 0.6) is 0 Å². The SMILES string of the molecule is CN(Cc1ccco1)CC1(N)CCC1. The van der Waals surface area contributed by atoms with Crippen LogP contribution in [-0.4, -0.2) is 24.0 Å². The molecule has 14 heavy (non-hydrogen) atoms. The lowest BCUT2D eigenvalue weighted by molar-refractivity contribution is 0.155.